The van der Waals surface area contributed by atoms with Gasteiger partial charge in [-0.3, -0.25) is 0 Å². The molecular formula is C18H28N2O2. The summed E-state index contributed by atoms with van der Waals surface area (Å²) in [5.41, 5.74) is 0.650. The molecule has 1 aromatic carbocycles. The minimum absolute atomic E-state index is 0.184. The van der Waals surface area contributed by atoms with Crippen molar-refractivity contribution in [1.82, 2.24) is 10.6 Å². The molecule has 0 bridgehead atoms. The molecule has 1 amide bonds. The van der Waals surface area contributed by atoms with Crippen molar-refractivity contribution in [2.45, 2.75) is 70.7 Å². The minimum Gasteiger partial charge on any atom is -0.444 e. The predicted octanol–water partition coefficient (Wildman–Crippen LogP) is 3.61. The molecule has 2 N–H and O–H groups in total. The molecule has 0 heterocycles. The van der Waals surface area contributed by atoms with Crippen LogP contribution in [0.3, 0.4) is 0 Å². The molecule has 0 aliphatic heterocycles. The highest BCUT2D eigenvalue weighted by atomic mass is 16.6. The van der Waals surface area contributed by atoms with Crippen molar-refractivity contribution >= 4 is 6.09 Å². The number of carbonyl (C=O) groups is 1. The van der Waals surface area contributed by atoms with Crippen molar-refractivity contribution in [3.63, 3.8) is 0 Å². The lowest BCUT2D eigenvalue weighted by molar-refractivity contribution is 0.0465. The van der Waals surface area contributed by atoms with Gasteiger partial charge < -0.3 is 15.4 Å². The number of carbonyl (C=O) groups excluding carboxylic acids is 1. The van der Waals surface area contributed by atoms with Crippen LogP contribution in [0.2, 0.25) is 0 Å². The van der Waals surface area contributed by atoms with E-state index < -0.39 is 5.60 Å². The lowest BCUT2D eigenvalue weighted by atomic mass is 10.0. The third-order valence-corrected chi connectivity index (χ3v) is 3.98. The second kappa shape index (κ2) is 6.69. The smallest absolute Gasteiger partial charge is 0.408 e. The van der Waals surface area contributed by atoms with Crippen LogP contribution >= 0.6 is 0 Å². The SMILES string of the molecule is CC(C)(C)OC(=O)N[C@]1(C)CC[C@@H](NCc2ccccc2)C1. The average molecular weight is 304 g/mol. The Morgan fingerprint density at radius 1 is 1.32 bits per heavy atom. The molecule has 1 fully saturated rings. The largest absolute Gasteiger partial charge is 0.444 e. The van der Waals surface area contributed by atoms with Crippen LogP contribution in [0.5, 0.6) is 0 Å². The van der Waals surface area contributed by atoms with Gasteiger partial charge in [0.15, 0.2) is 0 Å². The zero-order valence-electron chi connectivity index (χ0n) is 14.1. The molecule has 4 nitrogen and oxygen atoms in total. The van der Waals surface area contributed by atoms with Crippen molar-refractivity contribution < 1.29 is 9.53 Å². The molecular weight excluding hydrogens is 276 g/mol. The summed E-state index contributed by atoms with van der Waals surface area (Å²) in [5.74, 6) is 0. The number of ether oxygens (including phenoxy) is 1. The van der Waals surface area contributed by atoms with E-state index in [0.717, 1.165) is 25.8 Å². The zero-order valence-corrected chi connectivity index (χ0v) is 14.1. The van der Waals surface area contributed by atoms with E-state index in [-0.39, 0.29) is 11.6 Å². The van der Waals surface area contributed by atoms with E-state index in [1.165, 1.54) is 5.56 Å². The molecule has 1 aromatic rings. The first-order valence-electron chi connectivity index (χ1n) is 8.04. The minimum atomic E-state index is -0.454. The summed E-state index contributed by atoms with van der Waals surface area (Å²) in [6.45, 7) is 8.62. The number of nitrogens with one attached hydrogen (secondary N) is 2. The summed E-state index contributed by atoms with van der Waals surface area (Å²) in [6.07, 6.45) is 2.65. The molecule has 0 spiro atoms. The number of alkyl carbamates (subject to hydrolysis) is 1. The molecule has 2 rings (SSSR count). The van der Waals surface area contributed by atoms with Crippen LogP contribution in [0.4, 0.5) is 4.79 Å². The van der Waals surface area contributed by atoms with Crippen LogP contribution in [-0.2, 0) is 11.3 Å². The molecule has 122 valence electrons. The Morgan fingerprint density at radius 3 is 2.64 bits per heavy atom. The van der Waals surface area contributed by atoms with Gasteiger partial charge in [0.25, 0.3) is 0 Å². The predicted molar refractivity (Wildman–Crippen MR) is 88.7 cm³/mol. The summed E-state index contributed by atoms with van der Waals surface area (Å²) >= 11 is 0. The van der Waals surface area contributed by atoms with Crippen LogP contribution in [0.15, 0.2) is 30.3 Å². The van der Waals surface area contributed by atoms with E-state index in [0.29, 0.717) is 6.04 Å². The van der Waals surface area contributed by atoms with Crippen LogP contribution in [0.1, 0.15) is 52.5 Å². The Kier molecular flexibility index (Phi) is 5.12. The average Bonchev–Trinajstić information content (AvgIpc) is 2.76. The maximum absolute atomic E-state index is 12.0. The normalized spacial score (nSPS) is 25.0. The van der Waals surface area contributed by atoms with Crippen LogP contribution < -0.4 is 10.6 Å². The third-order valence-electron chi connectivity index (χ3n) is 3.98. The Labute approximate surface area is 133 Å². The first kappa shape index (κ1) is 16.8. The fourth-order valence-electron chi connectivity index (χ4n) is 2.94. The standard InChI is InChI=1S/C18H28N2O2/c1-17(2,3)22-16(21)20-18(4)11-10-15(12-18)19-13-14-8-6-5-7-9-14/h5-9,15,19H,10-13H2,1-4H3,(H,20,21)/t15-,18-/m1/s1. The van der Waals surface area contributed by atoms with Crippen molar-refractivity contribution in [3.8, 4) is 0 Å². The van der Waals surface area contributed by atoms with Crippen LogP contribution in [-0.4, -0.2) is 23.3 Å². The topological polar surface area (TPSA) is 50.4 Å². The highest BCUT2D eigenvalue weighted by molar-refractivity contribution is 5.68. The van der Waals surface area contributed by atoms with Gasteiger partial charge in [0.1, 0.15) is 5.60 Å². The molecule has 2 atom stereocenters. The third kappa shape index (κ3) is 5.34. The van der Waals surface area contributed by atoms with Crippen molar-refractivity contribution in [2.24, 2.45) is 0 Å². The molecule has 0 unspecified atom stereocenters. The molecule has 22 heavy (non-hydrogen) atoms. The summed E-state index contributed by atoms with van der Waals surface area (Å²) in [7, 11) is 0. The number of hydrogen-bond donors (Lipinski definition) is 2. The molecule has 0 aromatic heterocycles. The van der Waals surface area contributed by atoms with Crippen molar-refractivity contribution in [1.29, 1.82) is 0 Å². The highest BCUT2D eigenvalue weighted by Gasteiger charge is 2.37. The van der Waals surface area contributed by atoms with E-state index in [1.54, 1.807) is 0 Å². The number of benzene rings is 1. The summed E-state index contributed by atoms with van der Waals surface area (Å²) < 4.78 is 5.36. The second-order valence-electron chi connectivity index (χ2n) is 7.49. The van der Waals surface area contributed by atoms with Gasteiger partial charge in [-0.1, -0.05) is 30.3 Å². The van der Waals surface area contributed by atoms with Gasteiger partial charge in [-0.25, -0.2) is 4.79 Å². The molecule has 4 heteroatoms. The van der Waals surface area contributed by atoms with Gasteiger partial charge in [0.2, 0.25) is 0 Å². The fraction of sp³-hybridized carbons (Fsp3) is 0.611. The van der Waals surface area contributed by atoms with Gasteiger partial charge in [-0.05, 0) is 52.5 Å². The first-order valence-corrected chi connectivity index (χ1v) is 8.04. The Morgan fingerprint density at radius 2 is 2.00 bits per heavy atom. The summed E-state index contributed by atoms with van der Waals surface area (Å²) in [5, 5.41) is 6.62. The highest BCUT2D eigenvalue weighted by Crippen LogP contribution is 2.30. The first-order chi connectivity index (χ1) is 10.3. The second-order valence-corrected chi connectivity index (χ2v) is 7.49. The number of hydrogen-bond acceptors (Lipinski definition) is 3. The molecule has 1 saturated carbocycles. The van der Waals surface area contributed by atoms with Gasteiger partial charge in [-0.15, -0.1) is 0 Å². The lowest BCUT2D eigenvalue weighted by Gasteiger charge is -2.28. The van der Waals surface area contributed by atoms with E-state index in [4.69, 9.17) is 4.74 Å². The summed E-state index contributed by atoms with van der Waals surface area (Å²) in [4.78, 5) is 12.0. The molecule has 0 radical (unpaired) electrons. The maximum atomic E-state index is 12.0. The Balaban J connectivity index is 1.79. The number of amides is 1. The molecule has 1 aliphatic rings. The number of rotatable bonds is 4. The van der Waals surface area contributed by atoms with Gasteiger partial charge >= 0.3 is 6.09 Å². The van der Waals surface area contributed by atoms with E-state index in [9.17, 15) is 4.79 Å². The van der Waals surface area contributed by atoms with E-state index >= 15 is 0 Å². The Hall–Kier alpha value is -1.55. The maximum Gasteiger partial charge on any atom is 0.408 e. The Bertz CT molecular complexity index is 496. The van der Waals surface area contributed by atoms with Crippen LogP contribution in [0, 0.1) is 0 Å². The van der Waals surface area contributed by atoms with Crippen LogP contribution in [0.25, 0.3) is 0 Å². The monoisotopic (exact) mass is 304 g/mol. The van der Waals surface area contributed by atoms with E-state index in [1.807, 2.05) is 26.8 Å². The molecule has 1 aliphatic carbocycles. The van der Waals surface area contributed by atoms with Crippen molar-refractivity contribution in [2.75, 3.05) is 0 Å². The summed E-state index contributed by atoms with van der Waals surface area (Å²) in [6, 6.07) is 10.8. The fourth-order valence-corrected chi connectivity index (χ4v) is 2.94. The lowest BCUT2D eigenvalue weighted by Crippen LogP contribution is -2.47. The van der Waals surface area contributed by atoms with Crippen molar-refractivity contribution in [3.05, 3.63) is 35.9 Å². The van der Waals surface area contributed by atoms with Gasteiger partial charge in [0.05, 0.1) is 0 Å². The molecule has 0 saturated heterocycles. The zero-order chi connectivity index (χ0) is 16.2. The van der Waals surface area contributed by atoms with Gasteiger partial charge in [0, 0.05) is 18.1 Å². The van der Waals surface area contributed by atoms with Gasteiger partial charge in [-0.2, -0.15) is 0 Å². The quantitative estimate of drug-likeness (QED) is 0.893. The van der Waals surface area contributed by atoms with E-state index in [2.05, 4.69) is 41.8 Å².